The van der Waals surface area contributed by atoms with Crippen LogP contribution >= 0.6 is 0 Å². The molecule has 1 aliphatic heterocycles. The van der Waals surface area contributed by atoms with E-state index in [2.05, 4.69) is 10.8 Å². The molecule has 1 N–H and O–H groups in total. The Hall–Kier alpha value is -2.12. The van der Waals surface area contributed by atoms with Gasteiger partial charge in [-0.1, -0.05) is 24.3 Å². The predicted octanol–water partition coefficient (Wildman–Crippen LogP) is 1.39. The summed E-state index contributed by atoms with van der Waals surface area (Å²) in [6.45, 7) is 1.09. The predicted molar refractivity (Wildman–Crippen MR) is 79.8 cm³/mol. The molecule has 2 aromatic rings. The van der Waals surface area contributed by atoms with Gasteiger partial charge in [0, 0.05) is 13.1 Å². The number of nitrogens with zero attached hydrogens (tertiary/aromatic N) is 1. The van der Waals surface area contributed by atoms with Gasteiger partial charge in [0.2, 0.25) is 5.09 Å². The third kappa shape index (κ3) is 2.65. The standard InChI is InChI=1S/C15H16N2O4S/c1-16-22(19,20)14-7-6-13(21-14)15(18)17-9-8-11-4-2-3-5-12(11)10-17/h2-7,16H,8-10H2,1H3. The van der Waals surface area contributed by atoms with Crippen molar-refractivity contribution in [2.45, 2.75) is 18.1 Å². The second kappa shape index (κ2) is 5.58. The molecule has 0 atom stereocenters. The number of hydrogen-bond donors (Lipinski definition) is 1. The second-order valence-corrected chi connectivity index (χ2v) is 6.89. The molecule has 1 aromatic carbocycles. The molecular weight excluding hydrogens is 304 g/mol. The lowest BCUT2D eigenvalue weighted by Gasteiger charge is -2.28. The fraction of sp³-hybridized carbons (Fsp3) is 0.267. The van der Waals surface area contributed by atoms with Crippen molar-refractivity contribution < 1.29 is 17.6 Å². The summed E-state index contributed by atoms with van der Waals surface area (Å²) in [6.07, 6.45) is 0.782. The van der Waals surface area contributed by atoms with Gasteiger partial charge in [-0.25, -0.2) is 13.1 Å². The molecule has 1 aliphatic rings. The van der Waals surface area contributed by atoms with E-state index in [0.717, 1.165) is 12.0 Å². The van der Waals surface area contributed by atoms with Crippen LogP contribution in [0.25, 0.3) is 0 Å². The van der Waals surface area contributed by atoms with Gasteiger partial charge in [0.05, 0.1) is 0 Å². The van der Waals surface area contributed by atoms with Gasteiger partial charge in [0.25, 0.3) is 15.9 Å². The SMILES string of the molecule is CNS(=O)(=O)c1ccc(C(=O)N2CCc3ccccc3C2)o1. The van der Waals surface area contributed by atoms with Crippen molar-refractivity contribution in [2.75, 3.05) is 13.6 Å². The molecule has 0 unspecified atom stereocenters. The number of furan rings is 1. The van der Waals surface area contributed by atoms with E-state index in [9.17, 15) is 13.2 Å². The zero-order chi connectivity index (χ0) is 15.7. The van der Waals surface area contributed by atoms with Crippen LogP contribution in [0.3, 0.4) is 0 Å². The highest BCUT2D eigenvalue weighted by molar-refractivity contribution is 7.89. The van der Waals surface area contributed by atoms with Gasteiger partial charge in [-0.3, -0.25) is 4.79 Å². The molecule has 0 spiro atoms. The molecule has 0 radical (unpaired) electrons. The fourth-order valence-electron chi connectivity index (χ4n) is 2.51. The molecule has 2 heterocycles. The molecule has 116 valence electrons. The van der Waals surface area contributed by atoms with E-state index in [1.54, 1.807) is 4.90 Å². The van der Waals surface area contributed by atoms with Crippen molar-refractivity contribution in [1.82, 2.24) is 9.62 Å². The highest BCUT2D eigenvalue weighted by Crippen LogP contribution is 2.22. The molecule has 3 rings (SSSR count). The lowest BCUT2D eigenvalue weighted by Crippen LogP contribution is -2.35. The zero-order valence-corrected chi connectivity index (χ0v) is 12.9. The molecule has 0 fully saturated rings. The average molecular weight is 320 g/mol. The first kappa shape index (κ1) is 14.8. The number of benzene rings is 1. The van der Waals surface area contributed by atoms with Gasteiger partial charge < -0.3 is 9.32 Å². The highest BCUT2D eigenvalue weighted by atomic mass is 32.2. The van der Waals surface area contributed by atoms with Crippen molar-refractivity contribution in [1.29, 1.82) is 0 Å². The smallest absolute Gasteiger partial charge is 0.289 e. The summed E-state index contributed by atoms with van der Waals surface area (Å²) in [4.78, 5) is 14.1. The van der Waals surface area contributed by atoms with E-state index >= 15 is 0 Å². The van der Waals surface area contributed by atoms with Gasteiger partial charge >= 0.3 is 0 Å². The summed E-state index contributed by atoms with van der Waals surface area (Å²) in [5.41, 5.74) is 2.35. The van der Waals surface area contributed by atoms with E-state index in [-0.39, 0.29) is 16.8 Å². The molecule has 1 amide bonds. The van der Waals surface area contributed by atoms with Crippen LogP contribution in [0.15, 0.2) is 45.9 Å². The van der Waals surface area contributed by atoms with Gasteiger partial charge in [0.1, 0.15) is 0 Å². The number of nitrogens with one attached hydrogen (secondary N) is 1. The van der Waals surface area contributed by atoms with E-state index in [1.165, 1.54) is 24.7 Å². The van der Waals surface area contributed by atoms with Crippen LogP contribution in [-0.4, -0.2) is 32.8 Å². The maximum absolute atomic E-state index is 12.5. The summed E-state index contributed by atoms with van der Waals surface area (Å²) in [7, 11) is -2.39. The minimum atomic E-state index is -3.68. The van der Waals surface area contributed by atoms with Crippen molar-refractivity contribution in [3.63, 3.8) is 0 Å². The van der Waals surface area contributed by atoms with Crippen LogP contribution in [0.5, 0.6) is 0 Å². The van der Waals surface area contributed by atoms with Crippen molar-refractivity contribution >= 4 is 15.9 Å². The van der Waals surface area contributed by atoms with Crippen LogP contribution in [0, 0.1) is 0 Å². The van der Waals surface area contributed by atoms with E-state index < -0.39 is 10.0 Å². The van der Waals surface area contributed by atoms with Crippen LogP contribution in [0.4, 0.5) is 0 Å². The number of rotatable bonds is 3. The summed E-state index contributed by atoms with van der Waals surface area (Å²) >= 11 is 0. The average Bonchev–Trinajstić information content (AvgIpc) is 3.04. The van der Waals surface area contributed by atoms with Gasteiger partial charge in [-0.2, -0.15) is 0 Å². The third-order valence-electron chi connectivity index (χ3n) is 3.74. The van der Waals surface area contributed by atoms with Crippen LogP contribution in [0.1, 0.15) is 21.7 Å². The lowest BCUT2D eigenvalue weighted by molar-refractivity contribution is 0.0696. The number of sulfonamides is 1. The third-order valence-corrected chi connectivity index (χ3v) is 5.03. The number of hydrogen-bond acceptors (Lipinski definition) is 4. The minimum absolute atomic E-state index is 0.0354. The maximum Gasteiger partial charge on any atom is 0.289 e. The Labute approximate surface area is 128 Å². The van der Waals surface area contributed by atoms with Gasteiger partial charge in [-0.15, -0.1) is 0 Å². The summed E-state index contributed by atoms with van der Waals surface area (Å²) in [5, 5.41) is -0.254. The Morgan fingerprint density at radius 2 is 1.91 bits per heavy atom. The Bertz CT molecular complexity index is 810. The van der Waals surface area contributed by atoms with Crippen LogP contribution < -0.4 is 4.72 Å². The van der Waals surface area contributed by atoms with Gasteiger partial charge in [-0.05, 0) is 36.7 Å². The molecular formula is C15H16N2O4S. The number of carbonyl (C=O) groups is 1. The molecule has 0 bridgehead atoms. The first-order chi connectivity index (χ1) is 10.5. The van der Waals surface area contributed by atoms with E-state index in [0.29, 0.717) is 13.1 Å². The summed E-state index contributed by atoms with van der Waals surface area (Å²) < 4.78 is 30.7. The Morgan fingerprint density at radius 1 is 1.18 bits per heavy atom. The van der Waals surface area contributed by atoms with Crippen molar-refractivity contribution in [3.05, 3.63) is 53.3 Å². The molecule has 0 aliphatic carbocycles. The van der Waals surface area contributed by atoms with Crippen molar-refractivity contribution in [3.8, 4) is 0 Å². The van der Waals surface area contributed by atoms with Gasteiger partial charge in [0.15, 0.2) is 5.76 Å². The molecule has 7 heteroatoms. The fourth-order valence-corrected chi connectivity index (χ4v) is 3.15. The molecule has 1 aromatic heterocycles. The quantitative estimate of drug-likeness (QED) is 0.927. The monoisotopic (exact) mass is 320 g/mol. The van der Waals surface area contributed by atoms with E-state index in [1.807, 2.05) is 18.2 Å². The second-order valence-electron chi connectivity index (χ2n) is 5.07. The minimum Gasteiger partial charge on any atom is -0.438 e. The summed E-state index contributed by atoms with van der Waals surface area (Å²) in [6, 6.07) is 10.7. The normalized spacial score (nSPS) is 14.7. The molecule has 0 saturated heterocycles. The summed E-state index contributed by atoms with van der Waals surface area (Å²) in [5.74, 6) is -0.264. The van der Waals surface area contributed by atoms with E-state index in [4.69, 9.17) is 4.42 Å². The Morgan fingerprint density at radius 3 is 2.64 bits per heavy atom. The Kier molecular flexibility index (Phi) is 3.76. The first-order valence-electron chi connectivity index (χ1n) is 6.91. The number of fused-ring (bicyclic) bond motifs is 1. The molecule has 6 nitrogen and oxygen atoms in total. The van der Waals surface area contributed by atoms with Crippen molar-refractivity contribution in [2.24, 2.45) is 0 Å². The first-order valence-corrected chi connectivity index (χ1v) is 8.39. The maximum atomic E-state index is 12.5. The molecule has 22 heavy (non-hydrogen) atoms. The number of amides is 1. The van der Waals surface area contributed by atoms with Crippen LogP contribution in [0.2, 0.25) is 0 Å². The van der Waals surface area contributed by atoms with Crippen LogP contribution in [-0.2, 0) is 23.0 Å². The Balaban J connectivity index is 1.81. The largest absolute Gasteiger partial charge is 0.438 e. The lowest BCUT2D eigenvalue weighted by atomic mass is 10.00. The zero-order valence-electron chi connectivity index (χ0n) is 12.1. The topological polar surface area (TPSA) is 79.6 Å². The molecule has 0 saturated carbocycles. The highest BCUT2D eigenvalue weighted by Gasteiger charge is 2.25. The number of carbonyl (C=O) groups excluding carboxylic acids is 1.